The largest absolute Gasteiger partial charge is 0.299 e. The summed E-state index contributed by atoms with van der Waals surface area (Å²) in [5.41, 5.74) is 1.14. The summed E-state index contributed by atoms with van der Waals surface area (Å²) in [6.45, 7) is 8.72. The van der Waals surface area contributed by atoms with E-state index in [-0.39, 0.29) is 5.41 Å². The highest BCUT2D eigenvalue weighted by Gasteiger charge is 2.47. The lowest BCUT2D eigenvalue weighted by molar-refractivity contribution is -0.130. The molecule has 2 fully saturated rings. The molecule has 0 aromatic carbocycles. The Morgan fingerprint density at radius 1 is 1.40 bits per heavy atom. The molecule has 0 bridgehead atoms. The lowest BCUT2D eigenvalue weighted by Crippen LogP contribution is -2.37. The van der Waals surface area contributed by atoms with E-state index >= 15 is 0 Å². The van der Waals surface area contributed by atoms with Crippen molar-refractivity contribution in [2.75, 3.05) is 0 Å². The first kappa shape index (κ1) is 10.9. The number of Topliss-reactive ketones (excluding diaryl/α,β-unsaturated/α-hetero) is 1. The molecular formula is C14H22O. The van der Waals surface area contributed by atoms with Gasteiger partial charge in [-0.3, -0.25) is 4.79 Å². The van der Waals surface area contributed by atoms with Crippen molar-refractivity contribution in [2.45, 2.75) is 52.4 Å². The van der Waals surface area contributed by atoms with E-state index in [0.29, 0.717) is 11.7 Å². The van der Waals surface area contributed by atoms with E-state index < -0.39 is 0 Å². The van der Waals surface area contributed by atoms with Crippen LogP contribution in [-0.2, 0) is 4.79 Å². The molecule has 2 aliphatic carbocycles. The standard InChI is InChI=1S/C14H22O/c1-10(2)12-6-7-13(15)14(9-12)8-4-5-11(14)3/h10,12H,3-9H2,1-2H3/t12-,14-/m1/s1. The zero-order valence-electron chi connectivity index (χ0n) is 10.0. The number of hydrogen-bond acceptors (Lipinski definition) is 1. The maximum absolute atomic E-state index is 12.1. The molecule has 15 heavy (non-hydrogen) atoms. The zero-order chi connectivity index (χ0) is 11.1. The third-order valence-electron chi connectivity index (χ3n) is 4.59. The SMILES string of the molecule is C=C1CCC[C@@]12C[C@H](C(C)C)CCC2=O. The molecular weight excluding hydrogens is 184 g/mol. The molecule has 1 spiro atoms. The maximum atomic E-state index is 12.1. The molecule has 0 saturated heterocycles. The van der Waals surface area contributed by atoms with E-state index in [0.717, 1.165) is 38.0 Å². The Kier molecular flexibility index (Phi) is 2.74. The quantitative estimate of drug-likeness (QED) is 0.597. The van der Waals surface area contributed by atoms with Gasteiger partial charge in [0, 0.05) is 11.8 Å². The summed E-state index contributed by atoms with van der Waals surface area (Å²) < 4.78 is 0. The van der Waals surface area contributed by atoms with Gasteiger partial charge in [-0.1, -0.05) is 26.0 Å². The molecule has 0 heterocycles. The van der Waals surface area contributed by atoms with Crippen LogP contribution in [0.4, 0.5) is 0 Å². The predicted octanol–water partition coefficient (Wildman–Crippen LogP) is 3.74. The number of rotatable bonds is 1. The number of carbonyl (C=O) groups is 1. The molecule has 1 heteroatoms. The third-order valence-corrected chi connectivity index (χ3v) is 4.59. The fraction of sp³-hybridized carbons (Fsp3) is 0.786. The number of hydrogen-bond donors (Lipinski definition) is 0. The Labute approximate surface area is 92.9 Å². The molecule has 1 nitrogen and oxygen atoms in total. The number of carbonyl (C=O) groups excluding carboxylic acids is 1. The molecule has 0 unspecified atom stereocenters. The lowest BCUT2D eigenvalue weighted by atomic mass is 9.64. The molecule has 2 saturated carbocycles. The highest BCUT2D eigenvalue weighted by molar-refractivity contribution is 5.89. The fourth-order valence-electron chi connectivity index (χ4n) is 3.39. The van der Waals surface area contributed by atoms with E-state index in [4.69, 9.17) is 0 Å². The summed E-state index contributed by atoms with van der Waals surface area (Å²) >= 11 is 0. The smallest absolute Gasteiger partial charge is 0.143 e. The van der Waals surface area contributed by atoms with E-state index in [1.807, 2.05) is 0 Å². The number of ketones is 1. The highest BCUT2D eigenvalue weighted by atomic mass is 16.1. The van der Waals surface area contributed by atoms with Gasteiger partial charge in [-0.2, -0.15) is 0 Å². The molecule has 2 aliphatic rings. The fourth-order valence-corrected chi connectivity index (χ4v) is 3.39. The Bertz CT molecular complexity index is 290. The van der Waals surface area contributed by atoms with E-state index in [1.54, 1.807) is 0 Å². The highest BCUT2D eigenvalue weighted by Crippen LogP contribution is 2.52. The molecule has 0 aromatic rings. The second-order valence-electron chi connectivity index (χ2n) is 5.71. The van der Waals surface area contributed by atoms with Crippen LogP contribution in [0.5, 0.6) is 0 Å². The van der Waals surface area contributed by atoms with Crippen LogP contribution in [0.15, 0.2) is 12.2 Å². The number of allylic oxidation sites excluding steroid dienone is 1. The minimum atomic E-state index is -0.0901. The molecule has 0 aromatic heterocycles. The van der Waals surface area contributed by atoms with Gasteiger partial charge in [0.15, 0.2) is 0 Å². The first-order chi connectivity index (χ1) is 7.06. The molecule has 0 amide bonds. The summed E-state index contributed by atoms with van der Waals surface area (Å²) in [6, 6.07) is 0. The van der Waals surface area contributed by atoms with Gasteiger partial charge in [-0.15, -0.1) is 0 Å². The van der Waals surface area contributed by atoms with Crippen LogP contribution in [0.2, 0.25) is 0 Å². The molecule has 2 atom stereocenters. The molecule has 0 aliphatic heterocycles. The average Bonchev–Trinajstić information content (AvgIpc) is 2.54. The van der Waals surface area contributed by atoms with Crippen molar-refractivity contribution in [3.63, 3.8) is 0 Å². The van der Waals surface area contributed by atoms with Gasteiger partial charge in [0.2, 0.25) is 0 Å². The van der Waals surface area contributed by atoms with E-state index in [2.05, 4.69) is 20.4 Å². The van der Waals surface area contributed by atoms with Gasteiger partial charge in [0.05, 0.1) is 0 Å². The molecule has 2 rings (SSSR count). The summed E-state index contributed by atoms with van der Waals surface area (Å²) in [5, 5.41) is 0. The Hall–Kier alpha value is -0.590. The predicted molar refractivity (Wildman–Crippen MR) is 62.6 cm³/mol. The Balaban J connectivity index is 2.22. The minimum absolute atomic E-state index is 0.0901. The van der Waals surface area contributed by atoms with Crippen molar-refractivity contribution in [2.24, 2.45) is 17.3 Å². The van der Waals surface area contributed by atoms with Gasteiger partial charge < -0.3 is 0 Å². The van der Waals surface area contributed by atoms with E-state index in [9.17, 15) is 4.79 Å². The zero-order valence-corrected chi connectivity index (χ0v) is 10.0. The van der Waals surface area contributed by atoms with Gasteiger partial charge in [-0.05, 0) is 43.9 Å². The summed E-state index contributed by atoms with van der Waals surface area (Å²) in [7, 11) is 0. The average molecular weight is 206 g/mol. The second-order valence-corrected chi connectivity index (χ2v) is 5.71. The van der Waals surface area contributed by atoms with E-state index in [1.165, 1.54) is 12.0 Å². The van der Waals surface area contributed by atoms with Crippen molar-refractivity contribution >= 4 is 5.78 Å². The Morgan fingerprint density at radius 3 is 2.67 bits per heavy atom. The van der Waals surface area contributed by atoms with Crippen molar-refractivity contribution in [3.8, 4) is 0 Å². The first-order valence-electron chi connectivity index (χ1n) is 6.28. The maximum Gasteiger partial charge on any atom is 0.143 e. The summed E-state index contributed by atoms with van der Waals surface area (Å²) in [5.74, 6) is 1.93. The topological polar surface area (TPSA) is 17.1 Å². The van der Waals surface area contributed by atoms with Crippen molar-refractivity contribution < 1.29 is 4.79 Å². The lowest BCUT2D eigenvalue weighted by Gasteiger charge is -2.39. The van der Waals surface area contributed by atoms with Crippen molar-refractivity contribution in [1.82, 2.24) is 0 Å². The van der Waals surface area contributed by atoms with Crippen LogP contribution in [0, 0.1) is 17.3 Å². The van der Waals surface area contributed by atoms with Gasteiger partial charge >= 0.3 is 0 Å². The summed E-state index contributed by atoms with van der Waals surface area (Å²) in [6.07, 6.45) is 6.32. The van der Waals surface area contributed by atoms with Crippen LogP contribution in [0.25, 0.3) is 0 Å². The van der Waals surface area contributed by atoms with Crippen molar-refractivity contribution in [3.05, 3.63) is 12.2 Å². The van der Waals surface area contributed by atoms with Crippen molar-refractivity contribution in [1.29, 1.82) is 0 Å². The third kappa shape index (κ3) is 1.66. The first-order valence-corrected chi connectivity index (χ1v) is 6.28. The van der Waals surface area contributed by atoms with Crippen LogP contribution < -0.4 is 0 Å². The van der Waals surface area contributed by atoms with Crippen LogP contribution in [-0.4, -0.2) is 5.78 Å². The van der Waals surface area contributed by atoms with Crippen LogP contribution in [0.1, 0.15) is 52.4 Å². The molecule has 84 valence electrons. The van der Waals surface area contributed by atoms with Crippen LogP contribution >= 0.6 is 0 Å². The van der Waals surface area contributed by atoms with Gasteiger partial charge in [0.1, 0.15) is 5.78 Å². The second kappa shape index (κ2) is 3.77. The van der Waals surface area contributed by atoms with Gasteiger partial charge in [-0.25, -0.2) is 0 Å². The summed E-state index contributed by atoms with van der Waals surface area (Å²) in [4.78, 5) is 12.1. The van der Waals surface area contributed by atoms with Crippen LogP contribution in [0.3, 0.4) is 0 Å². The normalized spacial score (nSPS) is 36.9. The minimum Gasteiger partial charge on any atom is -0.299 e. The molecule has 0 N–H and O–H groups in total. The Morgan fingerprint density at radius 2 is 2.13 bits per heavy atom. The monoisotopic (exact) mass is 206 g/mol. The molecule has 0 radical (unpaired) electrons. The van der Waals surface area contributed by atoms with Gasteiger partial charge in [0.25, 0.3) is 0 Å².